The maximum Gasteiger partial charge on any atom is 0.519 e. The van der Waals surface area contributed by atoms with E-state index in [4.69, 9.17) is 15.2 Å². The molecule has 0 aromatic rings. The summed E-state index contributed by atoms with van der Waals surface area (Å²) in [7, 11) is 1.56. The van der Waals surface area contributed by atoms with Crippen molar-refractivity contribution < 1.29 is 28.5 Å². The van der Waals surface area contributed by atoms with Crippen molar-refractivity contribution >= 4 is 24.7 Å². The molecule has 0 aliphatic heterocycles. The van der Waals surface area contributed by atoms with Gasteiger partial charge in [0.15, 0.2) is 0 Å². The minimum atomic E-state index is -1.06. The van der Waals surface area contributed by atoms with E-state index in [0.29, 0.717) is 6.73 Å². The summed E-state index contributed by atoms with van der Waals surface area (Å²) < 4.78 is 18.1. The Bertz CT molecular complexity index is 255. The van der Waals surface area contributed by atoms with Gasteiger partial charge in [0.1, 0.15) is 11.2 Å². The van der Waals surface area contributed by atoms with E-state index in [1.807, 2.05) is 0 Å². The quantitative estimate of drug-likeness (QED) is 0.451. The molecule has 0 radical (unpaired) electrons. The van der Waals surface area contributed by atoms with Crippen molar-refractivity contribution in [2.45, 2.75) is 52.7 Å². The van der Waals surface area contributed by atoms with Gasteiger partial charge in [0, 0.05) is 7.11 Å². The second-order valence-electron chi connectivity index (χ2n) is 5.49. The molecule has 0 amide bonds. The van der Waals surface area contributed by atoms with E-state index in [2.05, 4.69) is 9.47 Å². The second kappa shape index (κ2) is 10.7. The normalized spacial score (nSPS) is 10.4. The Morgan fingerprint density at radius 2 is 1.15 bits per heavy atom. The molecule has 2 N–H and O–H groups in total. The van der Waals surface area contributed by atoms with Crippen LogP contribution in [0.3, 0.4) is 0 Å². The summed E-state index contributed by atoms with van der Waals surface area (Å²) in [6.07, 6.45) is -2.12. The van der Waals surface area contributed by atoms with Gasteiger partial charge < -0.3 is 24.7 Å². The van der Waals surface area contributed by atoms with E-state index >= 15 is 0 Å². The van der Waals surface area contributed by atoms with Gasteiger partial charge in [-0.3, -0.25) is 0 Å². The lowest BCUT2D eigenvalue weighted by atomic mass is 10.2. The summed E-state index contributed by atoms with van der Waals surface area (Å²) in [5, 5.41) is 0. The Kier molecular flexibility index (Phi) is 12.8. The smallest absolute Gasteiger partial charge is 0.428 e. The molecule has 0 aromatic heterocycles. The van der Waals surface area contributed by atoms with Crippen LogP contribution in [0.1, 0.15) is 41.5 Å². The highest BCUT2D eigenvalue weighted by Gasteiger charge is 2.24. The molecule has 122 valence electrons. The van der Waals surface area contributed by atoms with Crippen LogP contribution in [0.5, 0.6) is 0 Å². The third-order valence-corrected chi connectivity index (χ3v) is 1.11. The van der Waals surface area contributed by atoms with E-state index in [9.17, 15) is 9.59 Å². The summed E-state index contributed by atoms with van der Waals surface area (Å²) in [4.78, 5) is 22.0. The standard InChI is InChI=1S/C10H18O5.C2H7NO.ClH/c1-9(2,3)14-7(11)13-8(12)15-10(4,5)6;1-4-2-3;/h1-6H3;2-3H2,1H3;1H. The number of halogens is 1. The molecule has 0 spiro atoms. The molecule has 0 heterocycles. The lowest BCUT2D eigenvalue weighted by molar-refractivity contribution is -0.0293. The fraction of sp³-hybridized carbons (Fsp3) is 0.833. The van der Waals surface area contributed by atoms with Gasteiger partial charge in [-0.1, -0.05) is 0 Å². The monoisotopic (exact) mass is 315 g/mol. The van der Waals surface area contributed by atoms with Crippen molar-refractivity contribution in [3.05, 3.63) is 0 Å². The van der Waals surface area contributed by atoms with Crippen LogP contribution in [0.25, 0.3) is 0 Å². The molecule has 0 unspecified atom stereocenters. The number of hydrogen-bond donors (Lipinski definition) is 1. The lowest BCUT2D eigenvalue weighted by Crippen LogP contribution is -2.29. The fourth-order valence-corrected chi connectivity index (χ4v) is 0.610. The number of carbonyl (C=O) groups is 2. The largest absolute Gasteiger partial charge is 0.519 e. The summed E-state index contributed by atoms with van der Waals surface area (Å²) >= 11 is 0. The van der Waals surface area contributed by atoms with Crippen LogP contribution in [-0.2, 0) is 18.9 Å². The molecule has 0 saturated heterocycles. The average Bonchev–Trinajstić information content (AvgIpc) is 2.11. The molecule has 20 heavy (non-hydrogen) atoms. The van der Waals surface area contributed by atoms with E-state index in [1.54, 1.807) is 48.7 Å². The van der Waals surface area contributed by atoms with E-state index < -0.39 is 23.5 Å². The number of methoxy groups -OCH3 is 1. The van der Waals surface area contributed by atoms with Gasteiger partial charge in [-0.2, -0.15) is 0 Å². The molecule has 0 saturated carbocycles. The van der Waals surface area contributed by atoms with Crippen molar-refractivity contribution in [3.63, 3.8) is 0 Å². The predicted octanol–water partition coefficient (Wildman–Crippen LogP) is 2.84. The SMILES string of the molecule is CC(C)(C)OC(=O)OC(=O)OC(C)(C)C.COCN.Cl. The van der Waals surface area contributed by atoms with Crippen molar-refractivity contribution in [1.29, 1.82) is 0 Å². The topological polar surface area (TPSA) is 97.1 Å². The van der Waals surface area contributed by atoms with Crippen LogP contribution in [0, 0.1) is 0 Å². The minimum Gasteiger partial charge on any atom is -0.428 e. The number of rotatable bonds is 1. The highest BCUT2D eigenvalue weighted by atomic mass is 35.5. The molecule has 0 aliphatic carbocycles. The number of nitrogens with two attached hydrogens (primary N) is 1. The molecule has 0 aromatic carbocycles. The van der Waals surface area contributed by atoms with E-state index in [-0.39, 0.29) is 12.4 Å². The number of carbonyl (C=O) groups excluding carboxylic acids is 2. The molecule has 0 rings (SSSR count). The van der Waals surface area contributed by atoms with Gasteiger partial charge in [0.2, 0.25) is 0 Å². The van der Waals surface area contributed by atoms with Crippen LogP contribution < -0.4 is 5.73 Å². The van der Waals surface area contributed by atoms with Gasteiger partial charge in [0.25, 0.3) is 0 Å². The first kappa shape index (κ1) is 24.0. The van der Waals surface area contributed by atoms with Crippen molar-refractivity contribution in [2.75, 3.05) is 13.8 Å². The average molecular weight is 316 g/mol. The van der Waals surface area contributed by atoms with E-state index in [0.717, 1.165) is 0 Å². The maximum atomic E-state index is 11.0. The van der Waals surface area contributed by atoms with Crippen molar-refractivity contribution in [3.8, 4) is 0 Å². The van der Waals surface area contributed by atoms with Gasteiger partial charge in [-0.05, 0) is 41.5 Å². The van der Waals surface area contributed by atoms with Crippen LogP contribution in [-0.4, -0.2) is 37.4 Å². The van der Waals surface area contributed by atoms with Crippen LogP contribution in [0.2, 0.25) is 0 Å². The van der Waals surface area contributed by atoms with Crippen LogP contribution >= 0.6 is 12.4 Å². The Balaban J connectivity index is -0.000000508. The Labute approximate surface area is 126 Å². The zero-order valence-electron chi connectivity index (χ0n) is 13.1. The lowest BCUT2D eigenvalue weighted by Gasteiger charge is -2.20. The predicted molar refractivity (Wildman–Crippen MR) is 76.9 cm³/mol. The van der Waals surface area contributed by atoms with Gasteiger partial charge in [0.05, 0.1) is 6.73 Å². The third kappa shape index (κ3) is 22.2. The van der Waals surface area contributed by atoms with Gasteiger partial charge in [-0.25, -0.2) is 9.59 Å². The molecule has 0 atom stereocenters. The highest BCUT2D eigenvalue weighted by molar-refractivity contribution is 5.85. The Morgan fingerprint density at radius 3 is 1.30 bits per heavy atom. The summed E-state index contributed by atoms with van der Waals surface area (Å²) in [6, 6.07) is 0. The van der Waals surface area contributed by atoms with Crippen LogP contribution in [0.4, 0.5) is 9.59 Å². The third-order valence-electron chi connectivity index (χ3n) is 1.11. The number of ether oxygens (including phenoxy) is 4. The highest BCUT2D eigenvalue weighted by Crippen LogP contribution is 2.11. The Morgan fingerprint density at radius 1 is 0.900 bits per heavy atom. The van der Waals surface area contributed by atoms with Gasteiger partial charge >= 0.3 is 12.3 Å². The first-order valence-corrected chi connectivity index (χ1v) is 5.74. The molecule has 0 aliphatic rings. The fourth-order valence-electron chi connectivity index (χ4n) is 0.610. The molecular formula is C12H26ClNO6. The van der Waals surface area contributed by atoms with Crippen molar-refractivity contribution in [1.82, 2.24) is 0 Å². The maximum absolute atomic E-state index is 11.0. The summed E-state index contributed by atoms with van der Waals surface area (Å²) in [5.74, 6) is 0. The summed E-state index contributed by atoms with van der Waals surface area (Å²) in [6.45, 7) is 10.3. The zero-order valence-corrected chi connectivity index (χ0v) is 14.0. The molecule has 0 fully saturated rings. The van der Waals surface area contributed by atoms with E-state index in [1.165, 1.54) is 0 Å². The zero-order chi connectivity index (χ0) is 15.7. The first-order valence-electron chi connectivity index (χ1n) is 5.74. The first-order chi connectivity index (χ1) is 8.41. The van der Waals surface area contributed by atoms with Crippen LogP contribution in [0.15, 0.2) is 0 Å². The minimum absolute atomic E-state index is 0. The number of hydrogen-bond acceptors (Lipinski definition) is 7. The molecule has 8 heteroatoms. The van der Waals surface area contributed by atoms with Crippen molar-refractivity contribution in [2.24, 2.45) is 5.73 Å². The summed E-state index contributed by atoms with van der Waals surface area (Å²) in [5.41, 5.74) is 3.41. The molecular weight excluding hydrogens is 290 g/mol. The molecule has 7 nitrogen and oxygen atoms in total. The molecule has 0 bridgehead atoms. The Hall–Kier alpha value is -1.05. The van der Waals surface area contributed by atoms with Gasteiger partial charge in [-0.15, -0.1) is 12.4 Å². The second-order valence-corrected chi connectivity index (χ2v) is 5.49.